The van der Waals surface area contributed by atoms with Crippen molar-refractivity contribution in [3.8, 4) is 11.4 Å². The van der Waals surface area contributed by atoms with Crippen LogP contribution in [0.2, 0.25) is 0 Å². The Morgan fingerprint density at radius 3 is 2.83 bits per heavy atom. The van der Waals surface area contributed by atoms with Crippen molar-refractivity contribution in [1.82, 2.24) is 25.2 Å². The Morgan fingerprint density at radius 2 is 2.00 bits per heavy atom. The first-order valence-electron chi connectivity index (χ1n) is 7.17. The average molecular weight is 320 g/mol. The van der Waals surface area contributed by atoms with E-state index in [0.717, 1.165) is 5.69 Å². The van der Waals surface area contributed by atoms with Gasteiger partial charge >= 0.3 is 0 Å². The van der Waals surface area contributed by atoms with E-state index >= 15 is 0 Å². The number of aromatic hydroxyl groups is 1. The van der Waals surface area contributed by atoms with E-state index in [0.29, 0.717) is 16.7 Å². The van der Waals surface area contributed by atoms with Gasteiger partial charge in [-0.2, -0.15) is 5.10 Å². The lowest BCUT2D eigenvalue weighted by Gasteiger charge is -1.99. The van der Waals surface area contributed by atoms with Crippen molar-refractivity contribution < 1.29 is 9.90 Å². The van der Waals surface area contributed by atoms with E-state index in [-0.39, 0.29) is 11.4 Å². The second-order valence-electron chi connectivity index (χ2n) is 5.14. The number of para-hydroxylation sites is 1. The average Bonchev–Trinajstić information content (AvgIpc) is 3.23. The summed E-state index contributed by atoms with van der Waals surface area (Å²) in [5.74, 6) is 0.0674. The lowest BCUT2D eigenvalue weighted by Crippen LogP contribution is -2.12. The summed E-state index contributed by atoms with van der Waals surface area (Å²) in [6.45, 7) is 0. The van der Waals surface area contributed by atoms with E-state index < -0.39 is 5.91 Å². The first kappa shape index (κ1) is 13.9. The molecule has 0 atom stereocenters. The summed E-state index contributed by atoms with van der Waals surface area (Å²) < 4.78 is 1.52. The van der Waals surface area contributed by atoms with Gasteiger partial charge in [0.1, 0.15) is 5.75 Å². The minimum Gasteiger partial charge on any atom is -0.508 e. The molecule has 8 heteroatoms. The minimum absolute atomic E-state index is 0.120. The molecule has 8 nitrogen and oxygen atoms in total. The number of carbonyl (C=O) groups excluding carboxylic acids is 1. The third-order valence-corrected chi connectivity index (χ3v) is 3.53. The first-order valence-corrected chi connectivity index (χ1v) is 7.17. The normalized spacial score (nSPS) is 10.8. The van der Waals surface area contributed by atoms with Crippen LogP contribution >= 0.6 is 0 Å². The van der Waals surface area contributed by atoms with Crippen LogP contribution in [0.15, 0.2) is 54.7 Å². The minimum atomic E-state index is -0.418. The number of nitrogens with zero attached hydrogens (tertiary/aromatic N) is 4. The van der Waals surface area contributed by atoms with Crippen molar-refractivity contribution in [1.29, 1.82) is 0 Å². The number of phenols is 1. The fourth-order valence-electron chi connectivity index (χ4n) is 2.35. The number of rotatable bonds is 3. The van der Waals surface area contributed by atoms with E-state index in [1.165, 1.54) is 16.8 Å². The SMILES string of the molecule is O=C(Nc1n[nH]c2cc(O)ccc12)c1cn(-c2ccccc2)nn1. The van der Waals surface area contributed by atoms with Crippen molar-refractivity contribution >= 4 is 22.6 Å². The maximum atomic E-state index is 12.3. The third kappa shape index (κ3) is 2.45. The highest BCUT2D eigenvalue weighted by atomic mass is 16.3. The molecule has 0 fully saturated rings. The van der Waals surface area contributed by atoms with Crippen LogP contribution in [0.5, 0.6) is 5.75 Å². The van der Waals surface area contributed by atoms with Gasteiger partial charge in [-0.25, -0.2) is 4.68 Å². The standard InChI is InChI=1S/C16H12N6O2/c23-11-6-7-12-13(8-11)18-20-15(12)17-16(24)14-9-22(21-19-14)10-4-2-1-3-5-10/h1-9,23H,(H2,17,18,20,24). The van der Waals surface area contributed by atoms with Crippen molar-refractivity contribution in [2.75, 3.05) is 5.32 Å². The number of benzene rings is 2. The lowest BCUT2D eigenvalue weighted by molar-refractivity contribution is 0.102. The Morgan fingerprint density at radius 1 is 1.17 bits per heavy atom. The molecule has 0 bridgehead atoms. The molecule has 2 aromatic carbocycles. The molecule has 3 N–H and O–H groups in total. The van der Waals surface area contributed by atoms with Gasteiger partial charge in [-0.05, 0) is 24.3 Å². The van der Waals surface area contributed by atoms with Crippen LogP contribution < -0.4 is 5.32 Å². The summed E-state index contributed by atoms with van der Waals surface area (Å²) >= 11 is 0. The Hall–Kier alpha value is -3.68. The summed E-state index contributed by atoms with van der Waals surface area (Å²) in [5.41, 5.74) is 1.61. The molecule has 2 heterocycles. The number of anilines is 1. The summed E-state index contributed by atoms with van der Waals surface area (Å²) in [5, 5.41) is 27.5. The Balaban J connectivity index is 1.59. The summed E-state index contributed by atoms with van der Waals surface area (Å²) in [4.78, 5) is 12.3. The van der Waals surface area contributed by atoms with E-state index in [9.17, 15) is 9.90 Å². The van der Waals surface area contributed by atoms with Crippen LogP contribution in [-0.2, 0) is 0 Å². The molecule has 0 spiro atoms. The highest BCUT2D eigenvalue weighted by molar-refractivity contribution is 6.06. The number of carbonyl (C=O) groups is 1. The summed E-state index contributed by atoms with van der Waals surface area (Å²) in [6, 6.07) is 14.1. The van der Waals surface area contributed by atoms with Gasteiger partial charge in [-0.15, -0.1) is 5.10 Å². The predicted molar refractivity (Wildman–Crippen MR) is 87.1 cm³/mol. The monoisotopic (exact) mass is 320 g/mol. The zero-order valence-electron chi connectivity index (χ0n) is 12.3. The van der Waals surface area contributed by atoms with Crippen LogP contribution in [0.1, 0.15) is 10.5 Å². The van der Waals surface area contributed by atoms with Crippen molar-refractivity contribution in [2.24, 2.45) is 0 Å². The number of hydrogen-bond acceptors (Lipinski definition) is 5. The van der Waals surface area contributed by atoms with Gasteiger partial charge < -0.3 is 10.4 Å². The third-order valence-electron chi connectivity index (χ3n) is 3.53. The van der Waals surface area contributed by atoms with Crippen molar-refractivity contribution in [3.63, 3.8) is 0 Å². The van der Waals surface area contributed by atoms with E-state index in [1.807, 2.05) is 30.3 Å². The second kappa shape index (κ2) is 5.51. The highest BCUT2D eigenvalue weighted by Crippen LogP contribution is 2.24. The predicted octanol–water partition coefficient (Wildman–Crippen LogP) is 2.10. The molecule has 0 aliphatic heterocycles. The van der Waals surface area contributed by atoms with Crippen LogP contribution in [0.25, 0.3) is 16.6 Å². The molecule has 0 aliphatic rings. The zero-order valence-corrected chi connectivity index (χ0v) is 12.3. The molecule has 0 saturated carbocycles. The zero-order chi connectivity index (χ0) is 16.5. The molecule has 118 valence electrons. The number of fused-ring (bicyclic) bond motifs is 1. The molecule has 4 aromatic rings. The van der Waals surface area contributed by atoms with Crippen LogP contribution in [-0.4, -0.2) is 36.2 Å². The van der Waals surface area contributed by atoms with Crippen LogP contribution in [0.4, 0.5) is 5.82 Å². The summed E-state index contributed by atoms with van der Waals surface area (Å²) in [7, 11) is 0. The fraction of sp³-hybridized carbons (Fsp3) is 0. The number of amides is 1. The molecule has 0 unspecified atom stereocenters. The summed E-state index contributed by atoms with van der Waals surface area (Å²) in [6.07, 6.45) is 1.55. The van der Waals surface area contributed by atoms with Gasteiger partial charge in [0, 0.05) is 11.5 Å². The van der Waals surface area contributed by atoms with Crippen molar-refractivity contribution in [3.05, 3.63) is 60.4 Å². The number of hydrogen-bond donors (Lipinski definition) is 3. The lowest BCUT2D eigenvalue weighted by atomic mass is 10.2. The van der Waals surface area contributed by atoms with Gasteiger partial charge in [0.05, 0.1) is 17.4 Å². The molecular weight excluding hydrogens is 308 g/mol. The Kier molecular flexibility index (Phi) is 3.20. The first-order chi connectivity index (χ1) is 11.7. The Labute approximate surface area is 135 Å². The molecule has 4 rings (SSSR count). The van der Waals surface area contributed by atoms with Gasteiger partial charge in [0.15, 0.2) is 11.5 Å². The Bertz CT molecular complexity index is 1020. The maximum absolute atomic E-state index is 12.3. The van der Waals surface area contributed by atoms with Gasteiger partial charge in [-0.1, -0.05) is 23.4 Å². The van der Waals surface area contributed by atoms with Crippen LogP contribution in [0, 0.1) is 0 Å². The largest absolute Gasteiger partial charge is 0.508 e. The van der Waals surface area contributed by atoms with Gasteiger partial charge in [-0.3, -0.25) is 9.89 Å². The number of aromatic amines is 1. The maximum Gasteiger partial charge on any atom is 0.279 e. The number of nitrogens with one attached hydrogen (secondary N) is 2. The second-order valence-corrected chi connectivity index (χ2v) is 5.14. The molecule has 24 heavy (non-hydrogen) atoms. The van der Waals surface area contributed by atoms with Gasteiger partial charge in [0.2, 0.25) is 0 Å². The van der Waals surface area contributed by atoms with E-state index in [2.05, 4.69) is 25.8 Å². The number of H-pyrrole nitrogens is 1. The smallest absolute Gasteiger partial charge is 0.279 e. The topological polar surface area (TPSA) is 109 Å². The van der Waals surface area contributed by atoms with E-state index in [1.54, 1.807) is 12.3 Å². The molecule has 0 saturated heterocycles. The highest BCUT2D eigenvalue weighted by Gasteiger charge is 2.15. The van der Waals surface area contributed by atoms with Crippen molar-refractivity contribution in [2.45, 2.75) is 0 Å². The van der Waals surface area contributed by atoms with Crippen LogP contribution in [0.3, 0.4) is 0 Å². The quantitative estimate of drug-likeness (QED) is 0.535. The number of aromatic nitrogens is 5. The molecule has 0 radical (unpaired) electrons. The molecule has 0 aliphatic carbocycles. The number of phenolic OH excluding ortho intramolecular Hbond substituents is 1. The molecule has 2 aromatic heterocycles. The molecular formula is C16H12N6O2. The van der Waals surface area contributed by atoms with E-state index in [4.69, 9.17) is 0 Å². The molecule has 1 amide bonds. The fourth-order valence-corrected chi connectivity index (χ4v) is 2.35. The van der Waals surface area contributed by atoms with Gasteiger partial charge in [0.25, 0.3) is 5.91 Å².